The van der Waals surface area contributed by atoms with Crippen molar-refractivity contribution in [3.05, 3.63) is 28.8 Å². The average Bonchev–Trinajstić information content (AvgIpc) is 3.10. The van der Waals surface area contributed by atoms with E-state index in [1.165, 1.54) is 0 Å². The highest BCUT2D eigenvalue weighted by Gasteiger charge is 2.29. The van der Waals surface area contributed by atoms with Gasteiger partial charge in [0.2, 0.25) is 5.91 Å². The fourth-order valence-corrected chi connectivity index (χ4v) is 3.55. The molecule has 0 saturated carbocycles. The predicted molar refractivity (Wildman–Crippen MR) is 90.9 cm³/mol. The first kappa shape index (κ1) is 16.6. The molecule has 3 rings (SSSR count). The first-order chi connectivity index (χ1) is 11.2. The fraction of sp³-hybridized carbons (Fsp3) is 0.588. The lowest BCUT2D eigenvalue weighted by molar-refractivity contribution is -0.134. The molecule has 0 aliphatic carbocycles. The van der Waals surface area contributed by atoms with Crippen LogP contribution in [0.1, 0.15) is 18.4 Å². The molecule has 1 amide bonds. The standard InChI is InChI=1S/C17H24ClN3O2/c1-23-16-5-4-14(18)11-13(16)12-20-7-9-21(10-8-20)17(22)15-3-2-6-19-15/h4-5,11,15,19H,2-3,6-10,12H2,1H3. The molecule has 23 heavy (non-hydrogen) atoms. The Labute approximate surface area is 142 Å². The maximum Gasteiger partial charge on any atom is 0.239 e. The average molecular weight is 338 g/mol. The van der Waals surface area contributed by atoms with Crippen LogP contribution in [0.5, 0.6) is 5.75 Å². The Kier molecular flexibility index (Phi) is 5.41. The van der Waals surface area contributed by atoms with Gasteiger partial charge < -0.3 is 15.0 Å². The van der Waals surface area contributed by atoms with Crippen molar-refractivity contribution in [1.29, 1.82) is 0 Å². The van der Waals surface area contributed by atoms with Crippen LogP contribution in [0.2, 0.25) is 5.02 Å². The molecule has 2 heterocycles. The summed E-state index contributed by atoms with van der Waals surface area (Å²) < 4.78 is 5.41. The maximum atomic E-state index is 12.4. The Bertz CT molecular complexity index is 553. The first-order valence-corrected chi connectivity index (χ1v) is 8.62. The Hall–Kier alpha value is -1.30. The van der Waals surface area contributed by atoms with Crippen molar-refractivity contribution >= 4 is 17.5 Å². The summed E-state index contributed by atoms with van der Waals surface area (Å²) in [5, 5.41) is 4.01. The van der Waals surface area contributed by atoms with Crippen LogP contribution in [0.4, 0.5) is 0 Å². The molecule has 2 fully saturated rings. The SMILES string of the molecule is COc1ccc(Cl)cc1CN1CCN(C(=O)C2CCCN2)CC1. The second kappa shape index (κ2) is 7.51. The lowest BCUT2D eigenvalue weighted by atomic mass is 10.1. The first-order valence-electron chi connectivity index (χ1n) is 8.24. The molecule has 1 N–H and O–H groups in total. The van der Waals surface area contributed by atoms with E-state index in [0.717, 1.165) is 68.4 Å². The minimum Gasteiger partial charge on any atom is -0.496 e. The van der Waals surface area contributed by atoms with Gasteiger partial charge in [0, 0.05) is 43.3 Å². The van der Waals surface area contributed by atoms with Gasteiger partial charge in [-0.2, -0.15) is 0 Å². The minimum atomic E-state index is 0.0366. The number of amides is 1. The van der Waals surface area contributed by atoms with E-state index in [1.54, 1.807) is 7.11 Å². The summed E-state index contributed by atoms with van der Waals surface area (Å²) >= 11 is 6.09. The number of rotatable bonds is 4. The Balaban J connectivity index is 1.55. The number of methoxy groups -OCH3 is 1. The van der Waals surface area contributed by atoms with Crippen LogP contribution in [0.3, 0.4) is 0 Å². The van der Waals surface area contributed by atoms with Crippen molar-refractivity contribution in [3.63, 3.8) is 0 Å². The number of halogens is 1. The molecule has 5 nitrogen and oxygen atoms in total. The molecule has 1 aromatic rings. The lowest BCUT2D eigenvalue weighted by Crippen LogP contribution is -2.52. The number of benzene rings is 1. The smallest absolute Gasteiger partial charge is 0.239 e. The van der Waals surface area contributed by atoms with Crippen molar-refractivity contribution in [1.82, 2.24) is 15.1 Å². The van der Waals surface area contributed by atoms with E-state index < -0.39 is 0 Å². The lowest BCUT2D eigenvalue weighted by Gasteiger charge is -2.36. The number of nitrogens with one attached hydrogen (secondary N) is 1. The zero-order valence-corrected chi connectivity index (χ0v) is 14.3. The van der Waals surface area contributed by atoms with E-state index in [-0.39, 0.29) is 11.9 Å². The third-order valence-corrected chi connectivity index (χ3v) is 4.91. The van der Waals surface area contributed by atoms with Crippen LogP contribution >= 0.6 is 11.6 Å². The molecular formula is C17H24ClN3O2. The molecule has 0 radical (unpaired) electrons. The number of carbonyl (C=O) groups excluding carboxylic acids is 1. The Morgan fingerprint density at radius 2 is 2.13 bits per heavy atom. The van der Waals surface area contributed by atoms with E-state index >= 15 is 0 Å². The van der Waals surface area contributed by atoms with E-state index in [9.17, 15) is 4.79 Å². The highest BCUT2D eigenvalue weighted by atomic mass is 35.5. The fourth-order valence-electron chi connectivity index (χ4n) is 3.35. The summed E-state index contributed by atoms with van der Waals surface area (Å²) in [6.07, 6.45) is 2.07. The van der Waals surface area contributed by atoms with E-state index in [4.69, 9.17) is 16.3 Å². The molecule has 1 aromatic carbocycles. The van der Waals surface area contributed by atoms with E-state index in [1.807, 2.05) is 23.1 Å². The number of hydrogen-bond acceptors (Lipinski definition) is 4. The summed E-state index contributed by atoms with van der Waals surface area (Å²) in [4.78, 5) is 16.8. The van der Waals surface area contributed by atoms with Gasteiger partial charge in [-0.15, -0.1) is 0 Å². The molecule has 126 valence electrons. The summed E-state index contributed by atoms with van der Waals surface area (Å²) in [6, 6.07) is 5.74. The molecule has 6 heteroatoms. The molecule has 1 atom stereocenters. The topological polar surface area (TPSA) is 44.8 Å². The summed E-state index contributed by atoms with van der Waals surface area (Å²) in [5.41, 5.74) is 1.09. The molecule has 2 saturated heterocycles. The van der Waals surface area contributed by atoms with Crippen molar-refractivity contribution < 1.29 is 9.53 Å². The number of nitrogens with zero attached hydrogens (tertiary/aromatic N) is 2. The normalized spacial score (nSPS) is 22.3. The summed E-state index contributed by atoms with van der Waals surface area (Å²) in [5.74, 6) is 1.13. The van der Waals surface area contributed by atoms with Crippen LogP contribution < -0.4 is 10.1 Å². The zero-order valence-electron chi connectivity index (χ0n) is 13.6. The number of carbonyl (C=O) groups is 1. The van der Waals surface area contributed by atoms with Crippen LogP contribution in [0.25, 0.3) is 0 Å². The monoisotopic (exact) mass is 337 g/mol. The highest BCUT2D eigenvalue weighted by Crippen LogP contribution is 2.24. The van der Waals surface area contributed by atoms with Gasteiger partial charge in [-0.25, -0.2) is 0 Å². The molecule has 0 aromatic heterocycles. The molecule has 1 unspecified atom stereocenters. The van der Waals surface area contributed by atoms with Gasteiger partial charge in [-0.05, 0) is 37.6 Å². The van der Waals surface area contributed by atoms with Gasteiger partial charge >= 0.3 is 0 Å². The number of piperazine rings is 1. The predicted octanol–water partition coefficient (Wildman–Crippen LogP) is 1.74. The van der Waals surface area contributed by atoms with Gasteiger partial charge in [0.05, 0.1) is 13.2 Å². The van der Waals surface area contributed by atoms with Crippen molar-refractivity contribution in [3.8, 4) is 5.75 Å². The highest BCUT2D eigenvalue weighted by molar-refractivity contribution is 6.30. The Morgan fingerprint density at radius 1 is 1.35 bits per heavy atom. The van der Waals surface area contributed by atoms with Gasteiger partial charge in [0.1, 0.15) is 5.75 Å². The zero-order chi connectivity index (χ0) is 16.2. The third kappa shape index (κ3) is 3.97. The molecule has 0 bridgehead atoms. The third-order valence-electron chi connectivity index (χ3n) is 4.68. The largest absolute Gasteiger partial charge is 0.496 e. The van der Waals surface area contributed by atoms with Crippen molar-refractivity contribution in [2.24, 2.45) is 0 Å². The van der Waals surface area contributed by atoms with E-state index in [2.05, 4.69) is 10.2 Å². The summed E-state index contributed by atoms with van der Waals surface area (Å²) in [7, 11) is 1.68. The Morgan fingerprint density at radius 3 is 2.78 bits per heavy atom. The van der Waals surface area contributed by atoms with Crippen LogP contribution in [-0.4, -0.2) is 61.6 Å². The molecule has 2 aliphatic rings. The van der Waals surface area contributed by atoms with Crippen LogP contribution in [0, 0.1) is 0 Å². The van der Waals surface area contributed by atoms with Gasteiger partial charge in [0.15, 0.2) is 0 Å². The van der Waals surface area contributed by atoms with Gasteiger partial charge in [-0.1, -0.05) is 11.6 Å². The summed E-state index contributed by atoms with van der Waals surface area (Å²) in [6.45, 7) is 5.11. The van der Waals surface area contributed by atoms with Gasteiger partial charge in [0.25, 0.3) is 0 Å². The number of hydrogen-bond donors (Lipinski definition) is 1. The van der Waals surface area contributed by atoms with E-state index in [0.29, 0.717) is 0 Å². The molecule has 0 spiro atoms. The second-order valence-corrected chi connectivity index (χ2v) is 6.64. The minimum absolute atomic E-state index is 0.0366. The quantitative estimate of drug-likeness (QED) is 0.909. The maximum absolute atomic E-state index is 12.4. The second-order valence-electron chi connectivity index (χ2n) is 6.21. The molecular weight excluding hydrogens is 314 g/mol. The molecule has 2 aliphatic heterocycles. The van der Waals surface area contributed by atoms with Crippen molar-refractivity contribution in [2.45, 2.75) is 25.4 Å². The van der Waals surface area contributed by atoms with Gasteiger partial charge in [-0.3, -0.25) is 9.69 Å². The number of ether oxygens (including phenoxy) is 1. The van der Waals surface area contributed by atoms with Crippen LogP contribution in [0.15, 0.2) is 18.2 Å². The van der Waals surface area contributed by atoms with Crippen LogP contribution in [-0.2, 0) is 11.3 Å². The van der Waals surface area contributed by atoms with Crippen molar-refractivity contribution in [2.75, 3.05) is 39.8 Å².